The van der Waals surface area contributed by atoms with Gasteiger partial charge in [-0.3, -0.25) is 0 Å². The Kier molecular flexibility index (Phi) is 2.63. The van der Waals surface area contributed by atoms with Crippen LogP contribution in [0, 0.1) is 0 Å². The molecule has 0 saturated heterocycles. The molecule has 0 spiro atoms. The van der Waals surface area contributed by atoms with Crippen LogP contribution in [0.3, 0.4) is 0 Å². The molecule has 1 aliphatic rings. The molecule has 1 aromatic heterocycles. The molecule has 2 heterocycles. The van der Waals surface area contributed by atoms with Crippen LogP contribution >= 0.6 is 0 Å². The van der Waals surface area contributed by atoms with Crippen LogP contribution in [0.1, 0.15) is 32.0 Å². The topological polar surface area (TPSA) is 29.9 Å². The van der Waals surface area contributed by atoms with Gasteiger partial charge in [0, 0.05) is 12.2 Å². The highest BCUT2D eigenvalue weighted by Crippen LogP contribution is 2.31. The molecule has 0 bridgehead atoms. The number of hydrogen-bond acceptors (Lipinski definition) is 2. The van der Waals surface area contributed by atoms with Gasteiger partial charge in [-0.05, 0) is 19.8 Å². The van der Waals surface area contributed by atoms with E-state index in [4.69, 9.17) is 0 Å². The molecule has 3 nitrogen and oxygen atoms in total. The van der Waals surface area contributed by atoms with Crippen LogP contribution in [0.15, 0.2) is 6.20 Å². The summed E-state index contributed by atoms with van der Waals surface area (Å²) < 4.78 is 27.2. The van der Waals surface area contributed by atoms with Crippen molar-refractivity contribution in [1.29, 1.82) is 0 Å². The van der Waals surface area contributed by atoms with E-state index in [2.05, 4.69) is 10.3 Å². The molecule has 2 unspecified atom stereocenters. The number of alkyl halides is 2. The van der Waals surface area contributed by atoms with Crippen molar-refractivity contribution >= 4 is 5.95 Å². The standard InChI is InChI=1S/C10H15F2N3/c1-3-7-5-15-8(9(11)12)4-6(2)13-10(15)14-7/h5-6,8-9H,3-4H2,1-2H3,(H,13,14). The van der Waals surface area contributed by atoms with Crippen molar-refractivity contribution in [3.63, 3.8) is 0 Å². The highest BCUT2D eigenvalue weighted by molar-refractivity contribution is 5.33. The van der Waals surface area contributed by atoms with Crippen molar-refractivity contribution in [2.75, 3.05) is 5.32 Å². The number of hydrogen-bond donors (Lipinski definition) is 1. The molecule has 84 valence electrons. The molecule has 0 amide bonds. The van der Waals surface area contributed by atoms with Crippen molar-refractivity contribution in [3.8, 4) is 0 Å². The van der Waals surface area contributed by atoms with E-state index in [0.717, 1.165) is 12.1 Å². The SMILES string of the molecule is CCc1cn2c(n1)NC(C)CC2C(F)F. The van der Waals surface area contributed by atoms with E-state index in [1.54, 1.807) is 10.8 Å². The van der Waals surface area contributed by atoms with Crippen LogP contribution in [0.2, 0.25) is 0 Å². The predicted molar refractivity (Wildman–Crippen MR) is 54.3 cm³/mol. The smallest absolute Gasteiger partial charge is 0.259 e. The van der Waals surface area contributed by atoms with Crippen molar-refractivity contribution in [2.45, 2.75) is 45.2 Å². The lowest BCUT2D eigenvalue weighted by atomic mass is 10.1. The summed E-state index contributed by atoms with van der Waals surface area (Å²) in [6.45, 7) is 3.87. The molecule has 2 atom stereocenters. The Morgan fingerprint density at radius 1 is 1.67 bits per heavy atom. The normalized spacial score (nSPS) is 25.1. The summed E-state index contributed by atoms with van der Waals surface area (Å²) in [6.07, 6.45) is 0.619. The molecule has 5 heteroatoms. The van der Waals surface area contributed by atoms with E-state index in [-0.39, 0.29) is 6.04 Å². The fraction of sp³-hybridized carbons (Fsp3) is 0.700. The molecular formula is C10H15F2N3. The first kappa shape index (κ1) is 10.4. The zero-order valence-electron chi connectivity index (χ0n) is 8.87. The summed E-state index contributed by atoms with van der Waals surface area (Å²) in [4.78, 5) is 4.27. The maximum Gasteiger partial charge on any atom is 0.259 e. The minimum Gasteiger partial charge on any atom is -0.353 e. The van der Waals surface area contributed by atoms with Gasteiger partial charge in [-0.25, -0.2) is 13.8 Å². The minimum absolute atomic E-state index is 0.0589. The first-order chi connectivity index (χ1) is 7.11. The van der Waals surface area contributed by atoms with Crippen LogP contribution in [0.5, 0.6) is 0 Å². The van der Waals surface area contributed by atoms with Crippen LogP contribution < -0.4 is 5.32 Å². The van der Waals surface area contributed by atoms with Gasteiger partial charge in [-0.1, -0.05) is 6.92 Å². The number of nitrogens with zero attached hydrogens (tertiary/aromatic N) is 2. The van der Waals surface area contributed by atoms with E-state index in [1.165, 1.54) is 0 Å². The van der Waals surface area contributed by atoms with Crippen molar-refractivity contribution in [2.24, 2.45) is 0 Å². The highest BCUT2D eigenvalue weighted by Gasteiger charge is 2.31. The number of fused-ring (bicyclic) bond motifs is 1. The molecular weight excluding hydrogens is 200 g/mol. The Morgan fingerprint density at radius 3 is 3.00 bits per heavy atom. The predicted octanol–water partition coefficient (Wildman–Crippen LogP) is 2.46. The first-order valence-corrected chi connectivity index (χ1v) is 5.24. The Labute approximate surface area is 87.5 Å². The van der Waals surface area contributed by atoms with Crippen LogP contribution in [0.25, 0.3) is 0 Å². The summed E-state index contributed by atoms with van der Waals surface area (Å²) in [5.41, 5.74) is 0.859. The number of halogens is 2. The lowest BCUT2D eigenvalue weighted by molar-refractivity contribution is 0.0731. The summed E-state index contributed by atoms with van der Waals surface area (Å²) >= 11 is 0. The monoisotopic (exact) mass is 215 g/mol. The van der Waals surface area contributed by atoms with Crippen LogP contribution in [-0.2, 0) is 6.42 Å². The second kappa shape index (κ2) is 3.79. The molecule has 0 radical (unpaired) electrons. The van der Waals surface area contributed by atoms with E-state index >= 15 is 0 Å². The molecule has 2 rings (SSSR count). The third kappa shape index (κ3) is 1.82. The van der Waals surface area contributed by atoms with Crippen LogP contribution in [-0.4, -0.2) is 22.0 Å². The molecule has 15 heavy (non-hydrogen) atoms. The zero-order chi connectivity index (χ0) is 11.0. The molecule has 1 aromatic rings. The van der Waals surface area contributed by atoms with Gasteiger partial charge in [0.05, 0.1) is 11.7 Å². The van der Waals surface area contributed by atoms with Gasteiger partial charge in [-0.2, -0.15) is 0 Å². The van der Waals surface area contributed by atoms with E-state index < -0.39 is 12.5 Å². The second-order valence-corrected chi connectivity index (χ2v) is 4.00. The summed E-state index contributed by atoms with van der Waals surface area (Å²) in [6, 6.07) is -0.673. The third-order valence-electron chi connectivity index (χ3n) is 2.76. The Hall–Kier alpha value is -1.13. The molecule has 0 aromatic carbocycles. The lowest BCUT2D eigenvalue weighted by Crippen LogP contribution is -2.32. The molecule has 0 aliphatic carbocycles. The van der Waals surface area contributed by atoms with E-state index in [1.807, 2.05) is 13.8 Å². The van der Waals surface area contributed by atoms with E-state index in [9.17, 15) is 8.78 Å². The van der Waals surface area contributed by atoms with Gasteiger partial charge in [-0.15, -0.1) is 0 Å². The zero-order valence-corrected chi connectivity index (χ0v) is 8.87. The number of rotatable bonds is 2. The summed E-state index contributed by atoms with van der Waals surface area (Å²) in [5, 5.41) is 3.12. The van der Waals surface area contributed by atoms with Gasteiger partial charge in [0.1, 0.15) is 0 Å². The van der Waals surface area contributed by atoms with E-state index in [0.29, 0.717) is 12.4 Å². The summed E-state index contributed by atoms with van der Waals surface area (Å²) in [5.74, 6) is 0.580. The van der Waals surface area contributed by atoms with Gasteiger partial charge >= 0.3 is 0 Å². The van der Waals surface area contributed by atoms with Gasteiger partial charge < -0.3 is 9.88 Å². The number of aryl methyl sites for hydroxylation is 1. The van der Waals surface area contributed by atoms with Crippen LogP contribution in [0.4, 0.5) is 14.7 Å². The molecule has 0 saturated carbocycles. The molecule has 0 fully saturated rings. The quantitative estimate of drug-likeness (QED) is 0.821. The number of anilines is 1. The number of imidazole rings is 1. The fourth-order valence-corrected chi connectivity index (χ4v) is 1.95. The average molecular weight is 215 g/mol. The average Bonchev–Trinajstić information content (AvgIpc) is 2.58. The Balaban J connectivity index is 2.35. The highest BCUT2D eigenvalue weighted by atomic mass is 19.3. The fourth-order valence-electron chi connectivity index (χ4n) is 1.95. The Bertz CT molecular complexity index is 348. The van der Waals surface area contributed by atoms with Crippen molar-refractivity contribution in [1.82, 2.24) is 9.55 Å². The van der Waals surface area contributed by atoms with Gasteiger partial charge in [0.15, 0.2) is 0 Å². The summed E-state index contributed by atoms with van der Waals surface area (Å²) in [7, 11) is 0. The molecule has 1 N–H and O–H groups in total. The maximum atomic E-state index is 12.8. The number of aromatic nitrogens is 2. The van der Waals surface area contributed by atoms with Crippen molar-refractivity contribution in [3.05, 3.63) is 11.9 Å². The third-order valence-corrected chi connectivity index (χ3v) is 2.76. The largest absolute Gasteiger partial charge is 0.353 e. The lowest BCUT2D eigenvalue weighted by Gasteiger charge is -2.29. The van der Waals surface area contributed by atoms with Gasteiger partial charge in [0.25, 0.3) is 6.43 Å². The Morgan fingerprint density at radius 2 is 2.40 bits per heavy atom. The number of nitrogens with one attached hydrogen (secondary N) is 1. The van der Waals surface area contributed by atoms with Gasteiger partial charge in [0.2, 0.25) is 5.95 Å². The second-order valence-electron chi connectivity index (χ2n) is 4.00. The maximum absolute atomic E-state index is 12.8. The first-order valence-electron chi connectivity index (χ1n) is 5.24. The van der Waals surface area contributed by atoms with Crippen molar-refractivity contribution < 1.29 is 8.78 Å². The minimum atomic E-state index is -2.33. The molecule has 1 aliphatic heterocycles.